The van der Waals surface area contributed by atoms with Gasteiger partial charge in [0.1, 0.15) is 5.82 Å². The first-order valence-corrected chi connectivity index (χ1v) is 5.40. The number of hydrogen-bond donors (Lipinski definition) is 3. The van der Waals surface area contributed by atoms with Crippen LogP contribution in [0.15, 0.2) is 17.2 Å². The highest BCUT2D eigenvalue weighted by Gasteiger charge is 1.98. The maximum absolute atomic E-state index is 10.8. The van der Waals surface area contributed by atoms with Crippen molar-refractivity contribution in [2.24, 2.45) is 0 Å². The Kier molecular flexibility index (Phi) is 3.49. The first-order chi connectivity index (χ1) is 8.24. The number of hydrogen-bond acceptors (Lipinski definition) is 5. The summed E-state index contributed by atoms with van der Waals surface area (Å²) in [6.45, 7) is 2.68. The average molecular weight is 234 g/mol. The van der Waals surface area contributed by atoms with E-state index in [0.717, 1.165) is 18.5 Å². The van der Waals surface area contributed by atoms with E-state index in [2.05, 4.69) is 30.5 Å². The Labute approximate surface area is 97.7 Å². The van der Waals surface area contributed by atoms with E-state index < -0.39 is 0 Å². The van der Waals surface area contributed by atoms with Gasteiger partial charge in [-0.3, -0.25) is 4.98 Å². The summed E-state index contributed by atoms with van der Waals surface area (Å²) in [5.74, 6) is 1.28. The molecule has 7 heteroatoms. The van der Waals surface area contributed by atoms with Crippen LogP contribution in [0.4, 0.5) is 5.95 Å². The third kappa shape index (κ3) is 3.40. The van der Waals surface area contributed by atoms with E-state index in [9.17, 15) is 4.79 Å². The second-order valence-electron chi connectivity index (χ2n) is 3.74. The standard InChI is InChI=1S/C10H14N6O/c1-7-5-12-9(13-6-7)11-4-2-3-8-14-10(17)16-15-8/h5-6H,2-4H2,1H3,(H,11,12,13)(H2,14,15,16,17). The fourth-order valence-corrected chi connectivity index (χ4v) is 1.36. The summed E-state index contributed by atoms with van der Waals surface area (Å²) in [6, 6.07) is 0. The number of nitrogens with zero attached hydrogens (tertiary/aromatic N) is 3. The zero-order chi connectivity index (χ0) is 12.1. The molecule has 17 heavy (non-hydrogen) atoms. The van der Waals surface area contributed by atoms with Crippen molar-refractivity contribution in [1.82, 2.24) is 25.1 Å². The van der Waals surface area contributed by atoms with E-state index in [4.69, 9.17) is 0 Å². The van der Waals surface area contributed by atoms with Crippen molar-refractivity contribution in [3.05, 3.63) is 34.3 Å². The predicted octanol–water partition coefficient (Wildman–Crippen LogP) is 0.241. The third-order valence-electron chi connectivity index (χ3n) is 2.20. The molecule has 0 saturated carbocycles. The highest BCUT2D eigenvalue weighted by Crippen LogP contribution is 1.99. The predicted molar refractivity (Wildman–Crippen MR) is 62.8 cm³/mol. The lowest BCUT2D eigenvalue weighted by Crippen LogP contribution is -2.07. The van der Waals surface area contributed by atoms with Gasteiger partial charge in [-0.15, -0.1) is 0 Å². The van der Waals surface area contributed by atoms with Crippen LogP contribution in [0.25, 0.3) is 0 Å². The molecular weight excluding hydrogens is 220 g/mol. The zero-order valence-corrected chi connectivity index (χ0v) is 9.53. The van der Waals surface area contributed by atoms with Crippen molar-refractivity contribution in [2.45, 2.75) is 19.8 Å². The Balaban J connectivity index is 1.73. The Hall–Kier alpha value is -2.18. The second kappa shape index (κ2) is 5.24. The van der Waals surface area contributed by atoms with Crippen LogP contribution in [0.2, 0.25) is 0 Å². The van der Waals surface area contributed by atoms with Crippen molar-refractivity contribution < 1.29 is 0 Å². The molecule has 0 aromatic carbocycles. The number of rotatable bonds is 5. The third-order valence-corrected chi connectivity index (χ3v) is 2.20. The van der Waals surface area contributed by atoms with Gasteiger partial charge in [-0.2, -0.15) is 5.10 Å². The minimum atomic E-state index is -0.269. The Bertz CT molecular complexity index is 514. The summed E-state index contributed by atoms with van der Waals surface area (Å²) in [4.78, 5) is 21.6. The molecular formula is C10H14N6O. The number of aromatic amines is 2. The monoisotopic (exact) mass is 234 g/mol. The first kappa shape index (κ1) is 11.3. The fourth-order valence-electron chi connectivity index (χ4n) is 1.36. The molecule has 2 rings (SSSR count). The first-order valence-electron chi connectivity index (χ1n) is 5.40. The Morgan fingerprint density at radius 1 is 1.35 bits per heavy atom. The van der Waals surface area contributed by atoms with E-state index >= 15 is 0 Å². The highest BCUT2D eigenvalue weighted by molar-refractivity contribution is 5.23. The lowest BCUT2D eigenvalue weighted by Gasteiger charge is -2.03. The number of H-pyrrole nitrogens is 2. The summed E-state index contributed by atoms with van der Waals surface area (Å²) >= 11 is 0. The largest absolute Gasteiger partial charge is 0.354 e. The number of anilines is 1. The maximum atomic E-state index is 10.8. The lowest BCUT2D eigenvalue weighted by atomic mass is 10.3. The maximum Gasteiger partial charge on any atom is 0.340 e. The zero-order valence-electron chi connectivity index (χ0n) is 9.53. The minimum Gasteiger partial charge on any atom is -0.354 e. The Morgan fingerprint density at radius 2 is 2.12 bits per heavy atom. The van der Waals surface area contributed by atoms with Gasteiger partial charge in [0.25, 0.3) is 0 Å². The summed E-state index contributed by atoms with van der Waals surface area (Å²) in [7, 11) is 0. The number of aryl methyl sites for hydroxylation is 2. The average Bonchev–Trinajstić information content (AvgIpc) is 2.73. The van der Waals surface area contributed by atoms with Crippen molar-refractivity contribution in [3.8, 4) is 0 Å². The van der Waals surface area contributed by atoms with Crippen LogP contribution in [0.5, 0.6) is 0 Å². The van der Waals surface area contributed by atoms with Crippen molar-refractivity contribution >= 4 is 5.95 Å². The van der Waals surface area contributed by atoms with Gasteiger partial charge in [-0.1, -0.05) is 0 Å². The molecule has 0 aliphatic carbocycles. The van der Waals surface area contributed by atoms with Gasteiger partial charge in [0.2, 0.25) is 5.95 Å². The SMILES string of the molecule is Cc1cnc(NCCCc2n[nH]c(=O)[nH]2)nc1. The Morgan fingerprint density at radius 3 is 2.76 bits per heavy atom. The van der Waals surface area contributed by atoms with Crippen LogP contribution in [0.1, 0.15) is 17.8 Å². The topological polar surface area (TPSA) is 99.4 Å². The number of nitrogens with one attached hydrogen (secondary N) is 3. The molecule has 0 bridgehead atoms. The molecule has 3 N–H and O–H groups in total. The normalized spacial score (nSPS) is 10.4. The van der Waals surface area contributed by atoms with E-state index in [1.807, 2.05) is 6.92 Å². The van der Waals surface area contributed by atoms with Gasteiger partial charge in [-0.25, -0.2) is 19.9 Å². The molecule has 0 aliphatic heterocycles. The van der Waals surface area contributed by atoms with Crippen molar-refractivity contribution in [1.29, 1.82) is 0 Å². The van der Waals surface area contributed by atoms with Crippen LogP contribution in [-0.2, 0) is 6.42 Å². The molecule has 2 aromatic rings. The van der Waals surface area contributed by atoms with Crippen LogP contribution in [0.3, 0.4) is 0 Å². The van der Waals surface area contributed by atoms with E-state index in [-0.39, 0.29) is 5.69 Å². The molecule has 0 amide bonds. The summed E-state index contributed by atoms with van der Waals surface area (Å²) in [6.07, 6.45) is 5.08. The van der Waals surface area contributed by atoms with Gasteiger partial charge in [-0.05, 0) is 18.9 Å². The molecule has 0 unspecified atom stereocenters. The van der Waals surface area contributed by atoms with E-state index in [1.54, 1.807) is 12.4 Å². The molecule has 2 aromatic heterocycles. The smallest absolute Gasteiger partial charge is 0.340 e. The fraction of sp³-hybridized carbons (Fsp3) is 0.400. The molecule has 0 fully saturated rings. The van der Waals surface area contributed by atoms with Crippen LogP contribution in [0, 0.1) is 6.92 Å². The molecule has 7 nitrogen and oxygen atoms in total. The highest BCUT2D eigenvalue weighted by atomic mass is 16.1. The second-order valence-corrected chi connectivity index (χ2v) is 3.74. The van der Waals surface area contributed by atoms with E-state index in [0.29, 0.717) is 18.2 Å². The van der Waals surface area contributed by atoms with Crippen LogP contribution >= 0.6 is 0 Å². The van der Waals surface area contributed by atoms with Gasteiger partial charge in [0.05, 0.1) is 0 Å². The summed E-state index contributed by atoms with van der Waals surface area (Å²) in [5.41, 5.74) is 0.763. The summed E-state index contributed by atoms with van der Waals surface area (Å²) in [5, 5.41) is 9.24. The lowest BCUT2D eigenvalue weighted by molar-refractivity contribution is 0.800. The molecule has 0 spiro atoms. The van der Waals surface area contributed by atoms with Gasteiger partial charge >= 0.3 is 5.69 Å². The summed E-state index contributed by atoms with van der Waals surface area (Å²) < 4.78 is 0. The minimum absolute atomic E-state index is 0.269. The van der Waals surface area contributed by atoms with Crippen molar-refractivity contribution in [3.63, 3.8) is 0 Å². The van der Waals surface area contributed by atoms with E-state index in [1.165, 1.54) is 0 Å². The number of aromatic nitrogens is 5. The quantitative estimate of drug-likeness (QED) is 0.643. The van der Waals surface area contributed by atoms with Gasteiger partial charge in [0.15, 0.2) is 0 Å². The molecule has 0 radical (unpaired) electrons. The van der Waals surface area contributed by atoms with Crippen LogP contribution < -0.4 is 11.0 Å². The molecule has 0 aliphatic rings. The molecule has 0 saturated heterocycles. The molecule has 2 heterocycles. The van der Waals surface area contributed by atoms with Crippen molar-refractivity contribution in [2.75, 3.05) is 11.9 Å². The molecule has 90 valence electrons. The van der Waals surface area contributed by atoms with Gasteiger partial charge in [0, 0.05) is 25.4 Å². The van der Waals surface area contributed by atoms with Gasteiger partial charge < -0.3 is 5.32 Å². The molecule has 0 atom stereocenters. The van der Waals surface area contributed by atoms with Crippen LogP contribution in [-0.4, -0.2) is 31.7 Å².